The molecule has 1 aromatic carbocycles. The third kappa shape index (κ3) is 3.36. The zero-order valence-corrected chi connectivity index (χ0v) is 12.2. The van der Waals surface area contributed by atoms with Gasteiger partial charge in [-0.15, -0.1) is 0 Å². The topological polar surface area (TPSA) is 46.9 Å². The molecule has 2 rings (SSSR count). The van der Waals surface area contributed by atoms with Crippen LogP contribution in [0.1, 0.15) is 0 Å². The minimum Gasteiger partial charge on any atom is -0.329 e. The molecule has 1 amide bonds. The number of aryl methyl sites for hydroxylation is 1. The molecule has 6 heteroatoms. The number of carbonyl (C=O) groups is 1. The van der Waals surface area contributed by atoms with Gasteiger partial charge in [-0.05, 0) is 28.1 Å². The molecule has 0 radical (unpaired) electrons. The van der Waals surface area contributed by atoms with Crippen molar-refractivity contribution >= 4 is 39.3 Å². The van der Waals surface area contributed by atoms with E-state index in [1.54, 1.807) is 6.20 Å². The molecule has 1 N–H and O–H groups in total. The standard InChI is InChI=1S/C12H12BrN3OS/c1-16-7-6-14-12(16)18-8-11(17)15-10-5-3-2-4-9(10)13/h2-7H,8H2,1H3,(H,15,17). The summed E-state index contributed by atoms with van der Waals surface area (Å²) >= 11 is 4.80. The maximum absolute atomic E-state index is 11.8. The van der Waals surface area contributed by atoms with Crippen molar-refractivity contribution in [1.82, 2.24) is 9.55 Å². The van der Waals surface area contributed by atoms with Gasteiger partial charge >= 0.3 is 0 Å². The van der Waals surface area contributed by atoms with Crippen LogP contribution in [0.5, 0.6) is 0 Å². The number of hydrogen-bond acceptors (Lipinski definition) is 3. The van der Waals surface area contributed by atoms with Crippen LogP contribution in [0.25, 0.3) is 0 Å². The van der Waals surface area contributed by atoms with E-state index < -0.39 is 0 Å². The molecule has 0 unspecified atom stereocenters. The van der Waals surface area contributed by atoms with E-state index in [1.165, 1.54) is 11.8 Å². The Kier molecular flexibility index (Phi) is 4.43. The van der Waals surface area contributed by atoms with Crippen LogP contribution in [0.2, 0.25) is 0 Å². The van der Waals surface area contributed by atoms with Gasteiger partial charge in [-0.25, -0.2) is 4.98 Å². The first-order valence-corrected chi connectivity index (χ1v) is 7.09. The number of benzene rings is 1. The molecule has 0 saturated heterocycles. The molecule has 0 atom stereocenters. The normalized spacial score (nSPS) is 10.3. The van der Waals surface area contributed by atoms with E-state index in [0.29, 0.717) is 5.75 Å². The Bertz CT molecular complexity index is 556. The van der Waals surface area contributed by atoms with Gasteiger partial charge in [-0.1, -0.05) is 23.9 Å². The van der Waals surface area contributed by atoms with Gasteiger partial charge in [-0.3, -0.25) is 4.79 Å². The van der Waals surface area contributed by atoms with Crippen molar-refractivity contribution in [2.75, 3.05) is 11.1 Å². The van der Waals surface area contributed by atoms with Crippen LogP contribution < -0.4 is 5.32 Å². The molecule has 0 aliphatic heterocycles. The highest BCUT2D eigenvalue weighted by atomic mass is 79.9. The fraction of sp³-hybridized carbons (Fsp3) is 0.167. The van der Waals surface area contributed by atoms with Gasteiger partial charge in [0, 0.05) is 23.9 Å². The minimum atomic E-state index is -0.0464. The number of aromatic nitrogens is 2. The molecule has 4 nitrogen and oxygen atoms in total. The fourth-order valence-corrected chi connectivity index (χ4v) is 2.49. The van der Waals surface area contributed by atoms with E-state index in [9.17, 15) is 4.79 Å². The molecule has 18 heavy (non-hydrogen) atoms. The number of halogens is 1. The van der Waals surface area contributed by atoms with Crippen molar-refractivity contribution in [3.05, 3.63) is 41.1 Å². The van der Waals surface area contributed by atoms with Gasteiger partial charge in [0.25, 0.3) is 0 Å². The van der Waals surface area contributed by atoms with Crippen LogP contribution >= 0.6 is 27.7 Å². The van der Waals surface area contributed by atoms with Gasteiger partial charge in [0.15, 0.2) is 5.16 Å². The Balaban J connectivity index is 1.90. The quantitative estimate of drug-likeness (QED) is 0.879. The number of nitrogens with one attached hydrogen (secondary N) is 1. The maximum Gasteiger partial charge on any atom is 0.234 e. The van der Waals surface area contributed by atoms with Crippen molar-refractivity contribution in [2.24, 2.45) is 7.05 Å². The van der Waals surface area contributed by atoms with Crippen molar-refractivity contribution in [3.63, 3.8) is 0 Å². The lowest BCUT2D eigenvalue weighted by Crippen LogP contribution is -2.14. The van der Waals surface area contributed by atoms with Crippen LogP contribution in [0.3, 0.4) is 0 Å². The SMILES string of the molecule is Cn1ccnc1SCC(=O)Nc1ccccc1Br. The monoisotopic (exact) mass is 325 g/mol. The predicted molar refractivity (Wildman–Crippen MR) is 76.7 cm³/mol. The molecule has 0 fully saturated rings. The summed E-state index contributed by atoms with van der Waals surface area (Å²) in [6.45, 7) is 0. The molecular formula is C12H12BrN3OS. The number of hydrogen-bond donors (Lipinski definition) is 1. The third-order valence-corrected chi connectivity index (χ3v) is 4.01. The summed E-state index contributed by atoms with van der Waals surface area (Å²) in [5.74, 6) is 0.293. The van der Waals surface area contributed by atoms with Gasteiger partial charge in [0.2, 0.25) is 5.91 Å². The van der Waals surface area contributed by atoms with Crippen LogP contribution in [0.4, 0.5) is 5.69 Å². The first kappa shape index (κ1) is 13.2. The Labute approximate surface area is 118 Å². The van der Waals surface area contributed by atoms with Gasteiger partial charge in [0.1, 0.15) is 0 Å². The van der Waals surface area contributed by atoms with Crippen molar-refractivity contribution < 1.29 is 4.79 Å². The van der Waals surface area contributed by atoms with E-state index in [0.717, 1.165) is 15.3 Å². The Hall–Kier alpha value is -1.27. The van der Waals surface area contributed by atoms with E-state index in [2.05, 4.69) is 26.2 Å². The highest BCUT2D eigenvalue weighted by Crippen LogP contribution is 2.22. The van der Waals surface area contributed by atoms with E-state index in [4.69, 9.17) is 0 Å². The van der Waals surface area contributed by atoms with Crippen molar-refractivity contribution in [3.8, 4) is 0 Å². The average Bonchev–Trinajstić information content (AvgIpc) is 2.75. The van der Waals surface area contributed by atoms with E-state index >= 15 is 0 Å². The van der Waals surface area contributed by atoms with Crippen molar-refractivity contribution in [2.45, 2.75) is 5.16 Å². The zero-order chi connectivity index (χ0) is 13.0. The molecule has 0 spiro atoms. The minimum absolute atomic E-state index is 0.0464. The van der Waals surface area contributed by atoms with Crippen LogP contribution in [-0.4, -0.2) is 21.2 Å². The number of thioether (sulfide) groups is 1. The first-order valence-electron chi connectivity index (χ1n) is 5.31. The lowest BCUT2D eigenvalue weighted by atomic mass is 10.3. The Morgan fingerprint density at radius 3 is 2.94 bits per heavy atom. The largest absolute Gasteiger partial charge is 0.329 e. The van der Waals surface area contributed by atoms with Crippen LogP contribution in [0, 0.1) is 0 Å². The lowest BCUT2D eigenvalue weighted by Gasteiger charge is -2.06. The summed E-state index contributed by atoms with van der Waals surface area (Å²) in [4.78, 5) is 15.9. The molecule has 2 aromatic rings. The molecule has 94 valence electrons. The molecule has 0 bridgehead atoms. The Morgan fingerprint density at radius 2 is 2.28 bits per heavy atom. The maximum atomic E-state index is 11.8. The molecule has 1 aromatic heterocycles. The number of carbonyl (C=O) groups excluding carboxylic acids is 1. The summed E-state index contributed by atoms with van der Waals surface area (Å²) in [7, 11) is 1.90. The first-order chi connectivity index (χ1) is 8.66. The van der Waals surface area contributed by atoms with Crippen LogP contribution in [0.15, 0.2) is 46.3 Å². The molecule has 1 heterocycles. The second-order valence-electron chi connectivity index (χ2n) is 3.64. The molecular weight excluding hydrogens is 314 g/mol. The average molecular weight is 326 g/mol. The van der Waals surface area contributed by atoms with Gasteiger partial charge in [-0.2, -0.15) is 0 Å². The number of nitrogens with zero attached hydrogens (tertiary/aromatic N) is 2. The summed E-state index contributed by atoms with van der Waals surface area (Å²) in [5, 5.41) is 3.68. The number of amides is 1. The zero-order valence-electron chi connectivity index (χ0n) is 9.76. The fourth-order valence-electron chi connectivity index (χ4n) is 1.37. The highest BCUT2D eigenvalue weighted by Gasteiger charge is 2.07. The number of para-hydroxylation sites is 1. The second-order valence-corrected chi connectivity index (χ2v) is 5.43. The molecule has 0 aliphatic carbocycles. The van der Waals surface area contributed by atoms with Crippen molar-refractivity contribution in [1.29, 1.82) is 0 Å². The summed E-state index contributed by atoms with van der Waals surface area (Å²) in [6.07, 6.45) is 3.57. The van der Waals surface area contributed by atoms with E-state index in [1.807, 2.05) is 42.1 Å². The number of imidazole rings is 1. The Morgan fingerprint density at radius 1 is 1.50 bits per heavy atom. The van der Waals surface area contributed by atoms with Crippen LogP contribution in [-0.2, 0) is 11.8 Å². The summed E-state index contributed by atoms with van der Waals surface area (Å²) in [5.41, 5.74) is 0.781. The predicted octanol–water partition coefficient (Wildman–Crippen LogP) is 2.91. The number of anilines is 1. The third-order valence-electron chi connectivity index (χ3n) is 2.26. The summed E-state index contributed by atoms with van der Waals surface area (Å²) in [6, 6.07) is 7.53. The smallest absolute Gasteiger partial charge is 0.234 e. The summed E-state index contributed by atoms with van der Waals surface area (Å²) < 4.78 is 2.76. The number of rotatable bonds is 4. The van der Waals surface area contributed by atoms with E-state index in [-0.39, 0.29) is 5.91 Å². The van der Waals surface area contributed by atoms with Gasteiger partial charge in [0.05, 0.1) is 11.4 Å². The molecule has 0 saturated carbocycles. The molecule has 0 aliphatic rings. The second kappa shape index (κ2) is 6.06. The lowest BCUT2D eigenvalue weighted by molar-refractivity contribution is -0.113. The van der Waals surface area contributed by atoms with Gasteiger partial charge < -0.3 is 9.88 Å². The highest BCUT2D eigenvalue weighted by molar-refractivity contribution is 9.10.